The summed E-state index contributed by atoms with van der Waals surface area (Å²) < 4.78 is 1.22. The molecule has 0 nitrogen and oxygen atoms in total. The summed E-state index contributed by atoms with van der Waals surface area (Å²) in [4.78, 5) is 0. The van der Waals surface area contributed by atoms with Crippen LogP contribution in [-0.4, -0.2) is 0 Å². The summed E-state index contributed by atoms with van der Waals surface area (Å²) in [5.74, 6) is 0. The first-order valence-corrected chi connectivity index (χ1v) is 3.72. The third kappa shape index (κ3) is 1.04. The molecular formula is C5H5BrS. The van der Waals surface area contributed by atoms with Crippen LogP contribution in [0.25, 0.3) is 0 Å². The van der Waals surface area contributed by atoms with Crippen LogP contribution in [0.5, 0.6) is 0 Å². The molecule has 7 heavy (non-hydrogen) atoms. The Kier molecular flexibility index (Phi) is 1.50. The van der Waals surface area contributed by atoms with Crippen LogP contribution in [0.2, 0.25) is 0 Å². The third-order valence-electron chi connectivity index (χ3n) is 0.793. The Bertz CT molecular complexity index is 140. The number of rotatable bonds is 0. The summed E-state index contributed by atoms with van der Waals surface area (Å²) in [5, 5.41) is 4.19. The second-order valence-electron chi connectivity index (χ2n) is 1.40. The van der Waals surface area contributed by atoms with Gasteiger partial charge in [0.1, 0.15) is 0 Å². The van der Waals surface area contributed by atoms with Crippen LogP contribution in [-0.2, 0) is 0 Å². The minimum atomic E-state index is 1.22. The molecular weight excluding hydrogens is 172 g/mol. The predicted octanol–water partition coefficient (Wildman–Crippen LogP) is 2.82. The number of halogens is 1. The molecule has 0 unspecified atom stereocenters. The van der Waals surface area contributed by atoms with E-state index in [0.717, 1.165) is 0 Å². The molecule has 0 spiro atoms. The standard InChI is InChI=1S/C5H5BrS/c1-4-2-7-3-5(4)6/h2-3H,1H3. The van der Waals surface area contributed by atoms with Crippen molar-refractivity contribution in [3.05, 3.63) is 20.8 Å². The molecule has 38 valence electrons. The summed E-state index contributed by atoms with van der Waals surface area (Å²) in [6.45, 7) is 2.08. The second kappa shape index (κ2) is 1.97. The van der Waals surface area contributed by atoms with Crippen LogP contribution >= 0.6 is 27.3 Å². The summed E-state index contributed by atoms with van der Waals surface area (Å²) in [6, 6.07) is 0. The molecule has 0 bridgehead atoms. The topological polar surface area (TPSA) is 0 Å². The van der Waals surface area contributed by atoms with E-state index in [-0.39, 0.29) is 0 Å². The Labute approximate surface area is 55.3 Å². The van der Waals surface area contributed by atoms with Crippen molar-refractivity contribution >= 4 is 27.3 Å². The monoisotopic (exact) mass is 176 g/mol. The van der Waals surface area contributed by atoms with E-state index in [4.69, 9.17) is 0 Å². The molecule has 0 aliphatic heterocycles. The van der Waals surface area contributed by atoms with Gasteiger partial charge in [-0.1, -0.05) is 0 Å². The van der Waals surface area contributed by atoms with Gasteiger partial charge in [-0.15, -0.1) is 0 Å². The number of hydrogen-bond acceptors (Lipinski definition) is 1. The summed E-state index contributed by atoms with van der Waals surface area (Å²) in [5.41, 5.74) is 1.32. The van der Waals surface area contributed by atoms with Gasteiger partial charge in [-0.3, -0.25) is 0 Å². The SMILES string of the molecule is Cc1cscc1Br. The molecule has 0 aliphatic carbocycles. The Balaban J connectivity index is 3.12. The quantitative estimate of drug-likeness (QED) is 0.571. The minimum absolute atomic E-state index is 1.22. The van der Waals surface area contributed by atoms with E-state index in [1.54, 1.807) is 11.3 Å². The van der Waals surface area contributed by atoms with Crippen molar-refractivity contribution in [2.45, 2.75) is 6.92 Å². The maximum Gasteiger partial charge on any atom is 0.0311 e. The fourth-order valence-corrected chi connectivity index (χ4v) is 1.64. The first kappa shape index (κ1) is 5.32. The fourth-order valence-electron chi connectivity index (χ4n) is 0.345. The largest absolute Gasteiger partial charge is 0.151 e. The average Bonchev–Trinajstić information content (AvgIpc) is 1.91. The lowest BCUT2D eigenvalue weighted by atomic mass is 10.4. The van der Waals surface area contributed by atoms with Gasteiger partial charge in [-0.05, 0) is 33.8 Å². The zero-order valence-electron chi connectivity index (χ0n) is 3.94. The molecule has 0 aliphatic rings. The minimum Gasteiger partial charge on any atom is -0.151 e. The number of hydrogen-bond donors (Lipinski definition) is 0. The molecule has 0 amide bonds. The van der Waals surface area contributed by atoms with Crippen molar-refractivity contribution < 1.29 is 0 Å². The smallest absolute Gasteiger partial charge is 0.0311 e. The van der Waals surface area contributed by atoms with Gasteiger partial charge in [0.2, 0.25) is 0 Å². The average molecular weight is 177 g/mol. The maximum absolute atomic E-state index is 3.38. The van der Waals surface area contributed by atoms with E-state index in [1.165, 1.54) is 10.0 Å². The molecule has 0 saturated carbocycles. The molecule has 1 heterocycles. The molecule has 0 N–H and O–H groups in total. The molecule has 0 aromatic carbocycles. The summed E-state index contributed by atoms with van der Waals surface area (Å²) in [7, 11) is 0. The number of thiophene rings is 1. The lowest BCUT2D eigenvalue weighted by Crippen LogP contribution is -1.56. The Morgan fingerprint density at radius 2 is 2.29 bits per heavy atom. The van der Waals surface area contributed by atoms with Crippen molar-refractivity contribution in [3.8, 4) is 0 Å². The first-order chi connectivity index (χ1) is 3.30. The molecule has 1 rings (SSSR count). The second-order valence-corrected chi connectivity index (χ2v) is 3.00. The van der Waals surface area contributed by atoms with Gasteiger partial charge in [0.05, 0.1) is 0 Å². The van der Waals surface area contributed by atoms with Gasteiger partial charge in [0.25, 0.3) is 0 Å². The van der Waals surface area contributed by atoms with Gasteiger partial charge in [-0.25, -0.2) is 0 Å². The van der Waals surface area contributed by atoms with Crippen LogP contribution in [0.3, 0.4) is 0 Å². The van der Waals surface area contributed by atoms with Gasteiger partial charge in [-0.2, -0.15) is 11.3 Å². The van der Waals surface area contributed by atoms with Crippen molar-refractivity contribution in [3.63, 3.8) is 0 Å². The molecule has 1 aromatic heterocycles. The van der Waals surface area contributed by atoms with Crippen LogP contribution in [0.15, 0.2) is 15.2 Å². The van der Waals surface area contributed by atoms with Crippen molar-refractivity contribution in [2.24, 2.45) is 0 Å². The summed E-state index contributed by atoms with van der Waals surface area (Å²) >= 11 is 5.09. The van der Waals surface area contributed by atoms with Crippen LogP contribution in [0.4, 0.5) is 0 Å². The normalized spacial score (nSPS) is 9.43. The van der Waals surface area contributed by atoms with E-state index >= 15 is 0 Å². The zero-order valence-corrected chi connectivity index (χ0v) is 6.34. The third-order valence-corrected chi connectivity index (χ3v) is 2.81. The molecule has 0 atom stereocenters. The molecule has 0 fully saturated rings. The van der Waals surface area contributed by atoms with Crippen LogP contribution in [0, 0.1) is 6.92 Å². The van der Waals surface area contributed by atoms with Crippen LogP contribution < -0.4 is 0 Å². The Hall–Kier alpha value is 0.180. The maximum atomic E-state index is 3.38. The van der Waals surface area contributed by atoms with Gasteiger partial charge in [0, 0.05) is 9.85 Å². The van der Waals surface area contributed by atoms with E-state index in [2.05, 4.69) is 33.6 Å². The highest BCUT2D eigenvalue weighted by atomic mass is 79.9. The zero-order chi connectivity index (χ0) is 5.28. The number of aryl methyl sites for hydroxylation is 1. The van der Waals surface area contributed by atoms with Gasteiger partial charge < -0.3 is 0 Å². The van der Waals surface area contributed by atoms with Crippen molar-refractivity contribution in [1.82, 2.24) is 0 Å². The molecule has 0 saturated heterocycles. The van der Waals surface area contributed by atoms with E-state index in [1.807, 2.05) is 0 Å². The van der Waals surface area contributed by atoms with Gasteiger partial charge >= 0.3 is 0 Å². The highest BCUT2D eigenvalue weighted by molar-refractivity contribution is 9.10. The van der Waals surface area contributed by atoms with Crippen molar-refractivity contribution in [1.29, 1.82) is 0 Å². The van der Waals surface area contributed by atoms with Gasteiger partial charge in [0.15, 0.2) is 0 Å². The predicted molar refractivity (Wildman–Crippen MR) is 36.8 cm³/mol. The highest BCUT2D eigenvalue weighted by Crippen LogP contribution is 2.19. The summed E-state index contributed by atoms with van der Waals surface area (Å²) in [6.07, 6.45) is 0. The van der Waals surface area contributed by atoms with Crippen LogP contribution in [0.1, 0.15) is 5.56 Å². The molecule has 0 radical (unpaired) electrons. The fraction of sp³-hybridized carbons (Fsp3) is 0.200. The van der Waals surface area contributed by atoms with E-state index < -0.39 is 0 Å². The lowest BCUT2D eigenvalue weighted by molar-refractivity contribution is 1.52. The van der Waals surface area contributed by atoms with E-state index in [0.29, 0.717) is 0 Å². The van der Waals surface area contributed by atoms with E-state index in [9.17, 15) is 0 Å². The Morgan fingerprint density at radius 3 is 2.43 bits per heavy atom. The molecule has 1 aromatic rings. The lowest BCUT2D eigenvalue weighted by Gasteiger charge is -1.77. The molecule has 2 heteroatoms. The Morgan fingerprint density at radius 1 is 1.57 bits per heavy atom. The van der Waals surface area contributed by atoms with Crippen molar-refractivity contribution in [2.75, 3.05) is 0 Å². The highest BCUT2D eigenvalue weighted by Gasteiger charge is 1.89. The first-order valence-electron chi connectivity index (χ1n) is 1.99.